The number of carbonyl (C=O) groups is 2. The average Bonchev–Trinajstić information content (AvgIpc) is 2.94. The third-order valence-electron chi connectivity index (χ3n) is 3.99. The highest BCUT2D eigenvalue weighted by atomic mass is 32.1. The van der Waals surface area contributed by atoms with Crippen LogP contribution in [0.3, 0.4) is 0 Å². The summed E-state index contributed by atoms with van der Waals surface area (Å²) in [6.45, 7) is 5.50. The van der Waals surface area contributed by atoms with Crippen molar-refractivity contribution < 1.29 is 24.2 Å². The molecule has 1 aromatic heterocycles. The molecule has 7 nitrogen and oxygen atoms in total. The lowest BCUT2D eigenvalue weighted by Gasteiger charge is -2.07. The number of esters is 1. The van der Waals surface area contributed by atoms with Crippen LogP contribution in [-0.4, -0.2) is 30.7 Å². The summed E-state index contributed by atoms with van der Waals surface area (Å²) in [7, 11) is 1.47. The molecule has 0 aliphatic carbocycles. The number of phenols is 1. The van der Waals surface area contributed by atoms with E-state index in [0.717, 1.165) is 4.88 Å². The van der Waals surface area contributed by atoms with Gasteiger partial charge in [0.2, 0.25) is 0 Å². The summed E-state index contributed by atoms with van der Waals surface area (Å²) in [4.78, 5) is 25.7. The number of carbonyl (C=O) groups excluding carboxylic acids is 2. The Morgan fingerprint density at radius 2 is 2.07 bits per heavy atom. The van der Waals surface area contributed by atoms with Crippen molar-refractivity contribution in [2.75, 3.05) is 19.0 Å². The van der Waals surface area contributed by atoms with Crippen LogP contribution in [0.1, 0.15) is 33.3 Å². The molecule has 1 heterocycles. The van der Waals surface area contributed by atoms with Crippen LogP contribution in [0, 0.1) is 25.2 Å². The number of nitrogens with one attached hydrogen (secondary N) is 1. The molecule has 2 rings (SSSR count). The molecule has 8 heteroatoms. The van der Waals surface area contributed by atoms with Crippen molar-refractivity contribution in [2.45, 2.75) is 20.8 Å². The van der Waals surface area contributed by atoms with E-state index in [1.54, 1.807) is 19.9 Å². The number of phenolic OH excluding ortho intramolecular Hbond substituents is 1. The van der Waals surface area contributed by atoms with Gasteiger partial charge in [-0.25, -0.2) is 4.79 Å². The third-order valence-corrected chi connectivity index (χ3v) is 5.11. The highest BCUT2D eigenvalue weighted by Crippen LogP contribution is 2.33. The first kappa shape index (κ1) is 21.0. The summed E-state index contributed by atoms with van der Waals surface area (Å²) >= 11 is 1.23. The maximum absolute atomic E-state index is 12.6. The third kappa shape index (κ3) is 4.50. The van der Waals surface area contributed by atoms with E-state index in [1.807, 2.05) is 13.0 Å². The molecule has 0 aliphatic rings. The maximum Gasteiger partial charge on any atom is 0.341 e. The van der Waals surface area contributed by atoms with Gasteiger partial charge in [0.1, 0.15) is 28.1 Å². The number of methoxy groups -OCH3 is 1. The maximum atomic E-state index is 12.6. The minimum absolute atomic E-state index is 0.101. The predicted molar refractivity (Wildman–Crippen MR) is 107 cm³/mol. The second-order valence-corrected chi connectivity index (χ2v) is 6.98. The molecule has 0 unspecified atom stereocenters. The van der Waals surface area contributed by atoms with E-state index in [-0.39, 0.29) is 29.1 Å². The number of anilines is 1. The molecule has 0 radical (unpaired) electrons. The van der Waals surface area contributed by atoms with Gasteiger partial charge in [0, 0.05) is 10.4 Å². The van der Waals surface area contributed by atoms with Crippen LogP contribution >= 0.6 is 11.3 Å². The number of ether oxygens (including phenoxy) is 2. The first-order valence-corrected chi connectivity index (χ1v) is 9.21. The number of thiophene rings is 1. The first-order valence-electron chi connectivity index (χ1n) is 8.39. The molecule has 0 aliphatic heterocycles. The largest absolute Gasteiger partial charge is 0.507 e. The molecule has 0 fully saturated rings. The van der Waals surface area contributed by atoms with Gasteiger partial charge < -0.3 is 19.9 Å². The molecule has 0 bridgehead atoms. The molecule has 146 valence electrons. The molecule has 0 atom stereocenters. The van der Waals surface area contributed by atoms with E-state index in [2.05, 4.69) is 5.32 Å². The molecule has 0 saturated heterocycles. The van der Waals surface area contributed by atoms with E-state index in [1.165, 1.54) is 36.7 Å². The van der Waals surface area contributed by atoms with Crippen molar-refractivity contribution >= 4 is 34.3 Å². The molecule has 0 spiro atoms. The Kier molecular flexibility index (Phi) is 6.79. The summed E-state index contributed by atoms with van der Waals surface area (Å²) in [6.07, 6.45) is 1.25. The summed E-state index contributed by atoms with van der Waals surface area (Å²) < 4.78 is 10.1. The first-order chi connectivity index (χ1) is 13.3. The van der Waals surface area contributed by atoms with Crippen molar-refractivity contribution in [3.05, 3.63) is 45.3 Å². The average molecular weight is 400 g/mol. The Labute approximate surface area is 166 Å². The zero-order valence-corrected chi connectivity index (χ0v) is 16.8. The number of aromatic hydroxyl groups is 1. The van der Waals surface area contributed by atoms with Crippen LogP contribution in [0.5, 0.6) is 11.5 Å². The topological polar surface area (TPSA) is 109 Å². The van der Waals surface area contributed by atoms with Crippen LogP contribution in [0.15, 0.2) is 23.8 Å². The fourth-order valence-corrected chi connectivity index (χ4v) is 3.46. The number of rotatable bonds is 6. The van der Waals surface area contributed by atoms with E-state index in [0.29, 0.717) is 16.3 Å². The lowest BCUT2D eigenvalue weighted by molar-refractivity contribution is -0.112. The van der Waals surface area contributed by atoms with Crippen molar-refractivity contribution in [2.24, 2.45) is 0 Å². The van der Waals surface area contributed by atoms with E-state index in [9.17, 15) is 20.0 Å². The predicted octanol–water partition coefficient (Wildman–Crippen LogP) is 3.80. The number of benzene rings is 1. The number of nitriles is 1. The smallest absolute Gasteiger partial charge is 0.341 e. The molecule has 1 aromatic carbocycles. The number of nitrogens with zero attached hydrogens (tertiary/aromatic N) is 1. The molecule has 2 aromatic rings. The molecule has 1 amide bonds. The van der Waals surface area contributed by atoms with Crippen molar-refractivity contribution in [3.8, 4) is 17.6 Å². The van der Waals surface area contributed by atoms with Gasteiger partial charge in [0.05, 0.1) is 19.3 Å². The quantitative estimate of drug-likeness (QED) is 0.434. The fraction of sp³-hybridized carbons (Fsp3) is 0.250. The van der Waals surface area contributed by atoms with Gasteiger partial charge in [-0.05, 0) is 50.6 Å². The Morgan fingerprint density at radius 1 is 1.36 bits per heavy atom. The van der Waals surface area contributed by atoms with Crippen molar-refractivity contribution in [1.82, 2.24) is 0 Å². The molecular formula is C20H20N2O5S. The van der Waals surface area contributed by atoms with Gasteiger partial charge in [0.25, 0.3) is 5.91 Å². The van der Waals surface area contributed by atoms with Crippen LogP contribution in [-0.2, 0) is 9.53 Å². The normalized spacial score (nSPS) is 10.9. The Balaban J connectivity index is 2.37. The summed E-state index contributed by atoms with van der Waals surface area (Å²) in [6, 6.07) is 6.28. The highest BCUT2D eigenvalue weighted by molar-refractivity contribution is 7.16. The number of hydrogen-bond acceptors (Lipinski definition) is 7. The molecule has 28 heavy (non-hydrogen) atoms. The van der Waals surface area contributed by atoms with Crippen molar-refractivity contribution in [1.29, 1.82) is 5.26 Å². The van der Waals surface area contributed by atoms with E-state index in [4.69, 9.17) is 9.47 Å². The van der Waals surface area contributed by atoms with Gasteiger partial charge in [-0.2, -0.15) is 5.26 Å². The van der Waals surface area contributed by atoms with Crippen molar-refractivity contribution in [3.63, 3.8) is 0 Å². The van der Waals surface area contributed by atoms with Gasteiger partial charge in [-0.15, -0.1) is 11.3 Å². The zero-order chi connectivity index (χ0) is 20.8. The summed E-state index contributed by atoms with van der Waals surface area (Å²) in [5.41, 5.74) is 1.02. The lowest BCUT2D eigenvalue weighted by Crippen LogP contribution is -2.16. The van der Waals surface area contributed by atoms with Gasteiger partial charge in [0.15, 0.2) is 0 Å². The molecule has 2 N–H and O–H groups in total. The Hall–Kier alpha value is -3.31. The molecule has 0 saturated carbocycles. The minimum Gasteiger partial charge on any atom is -0.507 e. The van der Waals surface area contributed by atoms with Crippen LogP contribution < -0.4 is 10.1 Å². The zero-order valence-electron chi connectivity index (χ0n) is 16.0. The van der Waals surface area contributed by atoms with Gasteiger partial charge in [-0.1, -0.05) is 0 Å². The monoisotopic (exact) mass is 400 g/mol. The SMILES string of the molecule is CCOC(=O)c1c(NC(=O)C(C#N)=Cc2cc(OC)ccc2O)sc(C)c1C. The summed E-state index contributed by atoms with van der Waals surface area (Å²) in [5, 5.41) is 22.3. The highest BCUT2D eigenvalue weighted by Gasteiger charge is 2.23. The van der Waals surface area contributed by atoms with Crippen LogP contribution in [0.4, 0.5) is 5.00 Å². The lowest BCUT2D eigenvalue weighted by atomic mass is 10.1. The second kappa shape index (κ2) is 9.06. The number of amides is 1. The Morgan fingerprint density at radius 3 is 2.68 bits per heavy atom. The number of hydrogen-bond donors (Lipinski definition) is 2. The summed E-state index contributed by atoms with van der Waals surface area (Å²) in [5.74, 6) is -0.865. The van der Waals surface area contributed by atoms with Crippen LogP contribution in [0.2, 0.25) is 0 Å². The van der Waals surface area contributed by atoms with Crippen LogP contribution in [0.25, 0.3) is 6.08 Å². The van der Waals surface area contributed by atoms with Gasteiger partial charge in [-0.3, -0.25) is 4.79 Å². The Bertz CT molecular complexity index is 985. The number of aryl methyl sites for hydroxylation is 1. The van der Waals surface area contributed by atoms with E-state index < -0.39 is 11.9 Å². The fourth-order valence-electron chi connectivity index (χ4n) is 2.41. The standard InChI is InChI=1S/C20H20N2O5S/c1-5-27-20(25)17-11(2)12(3)28-19(17)22-18(24)14(10-21)8-13-9-15(26-4)6-7-16(13)23/h6-9,23H,5H2,1-4H3,(H,22,24). The van der Waals surface area contributed by atoms with E-state index >= 15 is 0 Å². The van der Waals surface area contributed by atoms with Gasteiger partial charge >= 0.3 is 5.97 Å². The minimum atomic E-state index is -0.698. The molecular weight excluding hydrogens is 380 g/mol. The second-order valence-electron chi connectivity index (χ2n) is 5.76.